The van der Waals surface area contributed by atoms with Crippen molar-refractivity contribution >= 4 is 45.3 Å². The van der Waals surface area contributed by atoms with Gasteiger partial charge in [0.05, 0.1) is 11.1 Å². The summed E-state index contributed by atoms with van der Waals surface area (Å²) in [7, 11) is 0. The van der Waals surface area contributed by atoms with Crippen molar-refractivity contribution in [1.29, 1.82) is 0 Å². The smallest absolute Gasteiger partial charge is 0.321 e. The van der Waals surface area contributed by atoms with E-state index in [1.807, 2.05) is 0 Å². The molecule has 2 N–H and O–H groups in total. The number of fused-ring (bicyclic) bond motifs is 3. The fourth-order valence-electron chi connectivity index (χ4n) is 3.41. The van der Waals surface area contributed by atoms with E-state index in [4.69, 9.17) is 4.98 Å². The van der Waals surface area contributed by atoms with Crippen LogP contribution in [-0.4, -0.2) is 33.8 Å². The molecule has 2 aromatic rings. The highest BCUT2D eigenvalue weighted by Crippen LogP contribution is 2.34. The summed E-state index contributed by atoms with van der Waals surface area (Å²) in [5.41, 5.74) is 1.18. The molecule has 7 nitrogen and oxygen atoms in total. The minimum atomic E-state index is -0.510. The van der Waals surface area contributed by atoms with E-state index in [1.165, 1.54) is 22.2 Å². The molecule has 1 aliphatic carbocycles. The summed E-state index contributed by atoms with van der Waals surface area (Å²) in [6.45, 7) is 7.05. The van der Waals surface area contributed by atoms with Gasteiger partial charge in [0, 0.05) is 18.0 Å². The molecule has 0 spiro atoms. The predicted molar refractivity (Wildman–Crippen MR) is 118 cm³/mol. The molecule has 3 rings (SSSR count). The number of thiophene rings is 1. The van der Waals surface area contributed by atoms with Gasteiger partial charge in [0.25, 0.3) is 5.56 Å². The molecule has 0 aromatic carbocycles. The first-order valence-electron chi connectivity index (χ1n) is 10.2. The molecule has 0 atom stereocenters. The van der Waals surface area contributed by atoms with Gasteiger partial charge in [0.2, 0.25) is 5.91 Å². The number of imide groups is 1. The van der Waals surface area contributed by atoms with Crippen LogP contribution in [0.1, 0.15) is 50.5 Å². The van der Waals surface area contributed by atoms with Crippen LogP contribution in [0.2, 0.25) is 0 Å². The van der Waals surface area contributed by atoms with Gasteiger partial charge < -0.3 is 5.32 Å². The lowest BCUT2D eigenvalue weighted by Gasteiger charge is -2.14. The molecule has 0 fully saturated rings. The normalized spacial score (nSPS) is 13.5. The SMILES string of the molecule is CCNC(=O)NC(=O)CSc1nc2sc3c(c2c(=O)n1CCC(C)C)CCCC3. The lowest BCUT2D eigenvalue weighted by molar-refractivity contribution is -0.117. The van der Waals surface area contributed by atoms with Crippen LogP contribution in [0, 0.1) is 5.92 Å². The average molecular weight is 437 g/mol. The number of thioether (sulfide) groups is 1. The Kier molecular flexibility index (Phi) is 7.34. The van der Waals surface area contributed by atoms with Crippen molar-refractivity contribution in [2.45, 2.75) is 64.6 Å². The quantitative estimate of drug-likeness (QED) is 0.513. The largest absolute Gasteiger partial charge is 0.338 e. The second-order valence-corrected chi connectivity index (χ2v) is 9.65. The van der Waals surface area contributed by atoms with Gasteiger partial charge in [-0.2, -0.15) is 0 Å². The molecule has 0 radical (unpaired) electrons. The number of aromatic nitrogens is 2. The van der Waals surface area contributed by atoms with Crippen LogP contribution in [0.4, 0.5) is 4.79 Å². The fraction of sp³-hybridized carbons (Fsp3) is 0.600. The number of rotatable bonds is 7. The molecule has 0 bridgehead atoms. The van der Waals surface area contributed by atoms with Gasteiger partial charge in [-0.3, -0.25) is 19.5 Å². The molecule has 1 aliphatic rings. The number of carbonyl (C=O) groups excluding carboxylic acids is 2. The fourth-order valence-corrected chi connectivity index (χ4v) is 5.54. The van der Waals surface area contributed by atoms with Gasteiger partial charge in [0.15, 0.2) is 5.16 Å². The van der Waals surface area contributed by atoms with E-state index in [2.05, 4.69) is 24.5 Å². The van der Waals surface area contributed by atoms with Gasteiger partial charge >= 0.3 is 6.03 Å². The zero-order chi connectivity index (χ0) is 21.0. The van der Waals surface area contributed by atoms with Crippen LogP contribution >= 0.6 is 23.1 Å². The van der Waals surface area contributed by atoms with Crippen LogP contribution in [-0.2, 0) is 24.2 Å². The summed E-state index contributed by atoms with van der Waals surface area (Å²) < 4.78 is 1.72. The number of carbonyl (C=O) groups is 2. The van der Waals surface area contributed by atoms with Gasteiger partial charge in [-0.15, -0.1) is 11.3 Å². The van der Waals surface area contributed by atoms with E-state index in [0.29, 0.717) is 24.2 Å². The van der Waals surface area contributed by atoms with Gasteiger partial charge in [-0.25, -0.2) is 9.78 Å². The third-order valence-corrected chi connectivity index (χ3v) is 7.05. The molecule has 0 saturated carbocycles. The summed E-state index contributed by atoms with van der Waals surface area (Å²) in [4.78, 5) is 43.8. The number of nitrogens with zero attached hydrogens (tertiary/aromatic N) is 2. The Balaban J connectivity index is 1.90. The van der Waals surface area contributed by atoms with E-state index in [1.54, 1.807) is 22.8 Å². The number of hydrogen-bond acceptors (Lipinski definition) is 6. The van der Waals surface area contributed by atoms with Crippen molar-refractivity contribution in [2.24, 2.45) is 5.92 Å². The van der Waals surface area contributed by atoms with E-state index < -0.39 is 11.9 Å². The third kappa shape index (κ3) is 5.19. The zero-order valence-electron chi connectivity index (χ0n) is 17.2. The van der Waals surface area contributed by atoms with E-state index >= 15 is 0 Å². The monoisotopic (exact) mass is 436 g/mol. The minimum absolute atomic E-state index is 0.00156. The van der Waals surface area contributed by atoms with E-state index in [9.17, 15) is 14.4 Å². The molecule has 9 heteroatoms. The molecule has 0 saturated heterocycles. The van der Waals surface area contributed by atoms with Crippen LogP contribution < -0.4 is 16.2 Å². The van der Waals surface area contributed by atoms with Crippen LogP contribution in [0.5, 0.6) is 0 Å². The number of urea groups is 1. The van der Waals surface area contributed by atoms with Gasteiger partial charge in [0.1, 0.15) is 4.83 Å². The molecule has 158 valence electrons. The van der Waals surface area contributed by atoms with Crippen LogP contribution in [0.3, 0.4) is 0 Å². The molecule has 2 heterocycles. The van der Waals surface area contributed by atoms with E-state index in [0.717, 1.165) is 42.3 Å². The van der Waals surface area contributed by atoms with Crippen molar-refractivity contribution in [3.8, 4) is 0 Å². The zero-order valence-corrected chi connectivity index (χ0v) is 18.8. The average Bonchev–Trinajstić information content (AvgIpc) is 3.04. The lowest BCUT2D eigenvalue weighted by Crippen LogP contribution is -2.40. The maximum Gasteiger partial charge on any atom is 0.321 e. The standard InChI is InChI=1S/C20H28N4O3S2/c1-4-21-19(27)22-15(25)11-28-20-23-17-16(13-7-5-6-8-14(13)29-17)18(26)24(20)10-9-12(2)3/h12H,4-11H2,1-3H3,(H2,21,22,25,27). The van der Waals surface area contributed by atoms with Crippen molar-refractivity contribution in [2.75, 3.05) is 12.3 Å². The second kappa shape index (κ2) is 9.75. The van der Waals surface area contributed by atoms with Crippen molar-refractivity contribution in [1.82, 2.24) is 20.2 Å². The molecule has 2 aromatic heterocycles. The van der Waals surface area contributed by atoms with Crippen LogP contribution in [0.25, 0.3) is 10.2 Å². The maximum atomic E-state index is 13.4. The Morgan fingerprint density at radius 2 is 2.03 bits per heavy atom. The van der Waals surface area contributed by atoms with Crippen molar-refractivity contribution < 1.29 is 9.59 Å². The summed E-state index contributed by atoms with van der Waals surface area (Å²) in [5, 5.41) is 6.14. The summed E-state index contributed by atoms with van der Waals surface area (Å²) >= 11 is 2.82. The van der Waals surface area contributed by atoms with Gasteiger partial charge in [-0.1, -0.05) is 25.6 Å². The van der Waals surface area contributed by atoms with Crippen LogP contribution in [0.15, 0.2) is 9.95 Å². The Hall–Kier alpha value is -1.87. The Morgan fingerprint density at radius 3 is 2.76 bits per heavy atom. The predicted octanol–water partition coefficient (Wildman–Crippen LogP) is 3.32. The van der Waals surface area contributed by atoms with Crippen molar-refractivity contribution in [3.05, 3.63) is 20.8 Å². The first-order chi connectivity index (χ1) is 13.9. The Labute approximate surface area is 178 Å². The highest BCUT2D eigenvalue weighted by atomic mass is 32.2. The molecular weight excluding hydrogens is 408 g/mol. The Morgan fingerprint density at radius 1 is 1.28 bits per heavy atom. The van der Waals surface area contributed by atoms with E-state index in [-0.39, 0.29) is 11.3 Å². The Bertz CT molecular complexity index is 965. The molecule has 29 heavy (non-hydrogen) atoms. The first-order valence-corrected chi connectivity index (χ1v) is 12.0. The van der Waals surface area contributed by atoms with Crippen molar-refractivity contribution in [3.63, 3.8) is 0 Å². The first kappa shape index (κ1) is 21.8. The summed E-state index contributed by atoms with van der Waals surface area (Å²) in [6, 6.07) is -0.510. The lowest BCUT2D eigenvalue weighted by atomic mass is 9.97. The number of aryl methyl sites for hydroxylation is 2. The highest BCUT2D eigenvalue weighted by molar-refractivity contribution is 7.99. The summed E-state index contributed by atoms with van der Waals surface area (Å²) in [5.74, 6) is 0.0750. The topological polar surface area (TPSA) is 93.1 Å². The molecule has 0 unspecified atom stereocenters. The maximum absolute atomic E-state index is 13.4. The minimum Gasteiger partial charge on any atom is -0.338 e. The third-order valence-electron chi connectivity index (χ3n) is 4.89. The number of nitrogens with one attached hydrogen (secondary N) is 2. The number of amides is 3. The second-order valence-electron chi connectivity index (χ2n) is 7.62. The van der Waals surface area contributed by atoms with Gasteiger partial charge in [-0.05, 0) is 50.5 Å². The molecule has 3 amide bonds. The molecule has 0 aliphatic heterocycles. The molecular formula is C20H28N4O3S2. The highest BCUT2D eigenvalue weighted by Gasteiger charge is 2.22. The summed E-state index contributed by atoms with van der Waals surface area (Å²) in [6.07, 6.45) is 5.08. The number of hydrogen-bond donors (Lipinski definition) is 2.